The Morgan fingerprint density at radius 3 is 2.36 bits per heavy atom. The zero-order valence-electron chi connectivity index (χ0n) is 24.9. The summed E-state index contributed by atoms with van der Waals surface area (Å²) in [6.07, 6.45) is -3.30. The number of hydrogen-bond donors (Lipinski definition) is 5. The molecule has 1 aromatic heterocycles. The van der Waals surface area contributed by atoms with Gasteiger partial charge in [-0.25, -0.2) is 4.79 Å². The fourth-order valence-corrected chi connectivity index (χ4v) is 6.35. The van der Waals surface area contributed by atoms with E-state index in [1.165, 1.54) is 27.0 Å². The number of aromatic hydroxyl groups is 1. The number of aromatic carboxylic acids is 1. The number of aliphatic hydroxyl groups is 3. The molecule has 5 N–H and O–H groups in total. The number of Topliss-reactive ketones (excluding diaryl/α,β-unsaturated/α-hetero) is 2. The van der Waals surface area contributed by atoms with Crippen LogP contribution in [0.2, 0.25) is 0 Å². The number of hydrogen-bond acceptors (Lipinski definition) is 11. The summed E-state index contributed by atoms with van der Waals surface area (Å²) in [6.45, 7) is 6.44. The van der Waals surface area contributed by atoms with Crippen LogP contribution in [-0.4, -0.2) is 79.7 Å². The molecule has 3 aromatic rings. The Labute approximate surface area is 251 Å². The lowest BCUT2D eigenvalue weighted by molar-refractivity contribution is -0.167. The molecule has 2 fully saturated rings. The molecule has 44 heavy (non-hydrogen) atoms. The van der Waals surface area contributed by atoms with Crippen LogP contribution in [0.25, 0.3) is 21.9 Å². The second kappa shape index (κ2) is 10.8. The smallest absolute Gasteiger partial charge is 0.336 e. The van der Waals surface area contributed by atoms with E-state index in [9.17, 15) is 44.7 Å². The van der Waals surface area contributed by atoms with E-state index in [1.807, 2.05) is 13.8 Å². The number of ketones is 2. The minimum atomic E-state index is -2.46. The summed E-state index contributed by atoms with van der Waals surface area (Å²) in [5, 5.41) is 54.0. The number of epoxide rings is 1. The fraction of sp³-hybridized carbons (Fsp3) is 0.438. The van der Waals surface area contributed by atoms with E-state index < -0.39 is 76.2 Å². The van der Waals surface area contributed by atoms with Crippen molar-refractivity contribution in [2.24, 2.45) is 0 Å². The second-order valence-corrected chi connectivity index (χ2v) is 12.0. The molecular formula is C32H34O12. The standard InChI is InChI=1S/C32H34O12/c1-13(2)6-7-32-28(44-32)20(34)12-31(41,30(32)40)22(35)11-18-15(4)17(8-14(3)33)25(36)24-26(37)23-19(29(38)39)9-16(42-5)10-21(23)43-27(18)24/h6,9-10,20,28,30,34,36,40-41H,7-8,11-12H2,1-5H3,(H,38,39)/t20-,28-,30+,31-,32-/m0/s1. The maximum Gasteiger partial charge on any atom is 0.336 e. The maximum absolute atomic E-state index is 14.0. The molecule has 0 amide bonds. The Morgan fingerprint density at radius 2 is 1.77 bits per heavy atom. The third-order valence-electron chi connectivity index (χ3n) is 8.77. The zero-order valence-corrected chi connectivity index (χ0v) is 24.9. The van der Waals surface area contributed by atoms with Gasteiger partial charge in [0.25, 0.3) is 0 Å². The third-order valence-corrected chi connectivity index (χ3v) is 8.77. The van der Waals surface area contributed by atoms with E-state index in [0.29, 0.717) is 0 Å². The number of rotatable bonds is 9. The van der Waals surface area contributed by atoms with Gasteiger partial charge in [-0.3, -0.25) is 14.4 Å². The van der Waals surface area contributed by atoms with Gasteiger partial charge in [-0.05, 0) is 45.7 Å². The van der Waals surface area contributed by atoms with Crippen molar-refractivity contribution in [3.05, 3.63) is 56.3 Å². The van der Waals surface area contributed by atoms with Gasteiger partial charge in [-0.1, -0.05) is 11.6 Å². The van der Waals surface area contributed by atoms with Crippen LogP contribution in [0.15, 0.2) is 33.0 Å². The first-order valence-electron chi connectivity index (χ1n) is 14.0. The molecule has 1 aliphatic heterocycles. The number of phenolic OH excluding ortho intramolecular Hbond substituents is 1. The predicted octanol–water partition coefficient (Wildman–Crippen LogP) is 2.26. The number of fused-ring (bicyclic) bond motifs is 3. The van der Waals surface area contributed by atoms with Crippen LogP contribution in [0.3, 0.4) is 0 Å². The molecule has 5 atom stereocenters. The molecule has 2 heterocycles. The summed E-state index contributed by atoms with van der Waals surface area (Å²) in [6, 6.07) is 2.42. The summed E-state index contributed by atoms with van der Waals surface area (Å²) in [5.74, 6) is -3.28. The number of phenols is 1. The van der Waals surface area contributed by atoms with Gasteiger partial charge in [-0.2, -0.15) is 0 Å². The van der Waals surface area contributed by atoms with Crippen molar-refractivity contribution >= 4 is 39.5 Å². The highest BCUT2D eigenvalue weighted by Gasteiger charge is 2.73. The monoisotopic (exact) mass is 610 g/mol. The summed E-state index contributed by atoms with van der Waals surface area (Å²) in [7, 11) is 1.29. The lowest BCUT2D eigenvalue weighted by Gasteiger charge is -2.40. The number of benzene rings is 2. The Morgan fingerprint density at radius 1 is 1.09 bits per heavy atom. The number of aliphatic hydroxyl groups excluding tert-OH is 2. The van der Waals surface area contributed by atoms with Crippen LogP contribution in [0.4, 0.5) is 0 Å². The first kappa shape index (κ1) is 31.3. The minimum absolute atomic E-state index is 0.0201. The number of carbonyl (C=O) groups is 3. The van der Waals surface area contributed by atoms with Crippen LogP contribution in [0.1, 0.15) is 60.7 Å². The molecule has 0 unspecified atom stereocenters. The van der Waals surface area contributed by atoms with E-state index in [-0.39, 0.29) is 57.6 Å². The van der Waals surface area contributed by atoms with Crippen LogP contribution < -0.4 is 10.2 Å². The van der Waals surface area contributed by atoms with Crippen molar-refractivity contribution in [3.8, 4) is 11.5 Å². The van der Waals surface area contributed by atoms with Crippen molar-refractivity contribution in [1.29, 1.82) is 0 Å². The van der Waals surface area contributed by atoms with Gasteiger partial charge in [0.15, 0.2) is 11.4 Å². The van der Waals surface area contributed by atoms with Crippen LogP contribution in [-0.2, 0) is 27.2 Å². The van der Waals surface area contributed by atoms with Gasteiger partial charge in [0.05, 0.1) is 24.2 Å². The number of carboxylic acids is 1. The molecule has 5 rings (SSSR count). The average Bonchev–Trinajstić information content (AvgIpc) is 3.71. The Bertz CT molecular complexity index is 1830. The quantitative estimate of drug-likeness (QED) is 0.134. The predicted molar refractivity (Wildman–Crippen MR) is 156 cm³/mol. The lowest BCUT2D eigenvalue weighted by atomic mass is 9.69. The minimum Gasteiger partial charge on any atom is -0.507 e. The molecule has 1 saturated carbocycles. The third kappa shape index (κ3) is 4.78. The molecule has 0 bridgehead atoms. The first-order chi connectivity index (χ1) is 20.6. The zero-order chi connectivity index (χ0) is 32.5. The number of carboxylic acid groups (broad SMARTS) is 1. The highest BCUT2D eigenvalue weighted by atomic mass is 16.6. The van der Waals surface area contributed by atoms with Crippen molar-refractivity contribution < 1.29 is 53.8 Å². The van der Waals surface area contributed by atoms with Crippen LogP contribution in [0, 0.1) is 6.92 Å². The topological polar surface area (TPSA) is 204 Å². The van der Waals surface area contributed by atoms with Crippen molar-refractivity contribution in [3.63, 3.8) is 0 Å². The Kier molecular flexibility index (Phi) is 7.70. The molecule has 2 aromatic carbocycles. The van der Waals surface area contributed by atoms with Crippen LogP contribution >= 0.6 is 0 Å². The SMILES string of the molecule is COc1cc(C(=O)O)c2c(=O)c3c(O)c(CC(C)=O)c(C)c(CC(=O)[C@@]4(O)C[C@H](O)[C@@H]5O[C@]5(CC=C(C)C)[C@@H]4O)c3oc2c1. The molecule has 12 heteroatoms. The van der Waals surface area contributed by atoms with Crippen molar-refractivity contribution in [2.45, 2.75) is 82.9 Å². The first-order valence-corrected chi connectivity index (χ1v) is 14.0. The lowest BCUT2D eigenvalue weighted by Crippen LogP contribution is -2.63. The van der Waals surface area contributed by atoms with Gasteiger partial charge in [0.2, 0.25) is 5.43 Å². The normalized spacial score (nSPS) is 25.9. The highest BCUT2D eigenvalue weighted by molar-refractivity contribution is 6.07. The fourth-order valence-electron chi connectivity index (χ4n) is 6.35. The maximum atomic E-state index is 14.0. The van der Waals surface area contributed by atoms with Gasteiger partial charge in [0, 0.05) is 36.5 Å². The van der Waals surface area contributed by atoms with Crippen molar-refractivity contribution in [2.75, 3.05) is 7.11 Å². The highest BCUT2D eigenvalue weighted by Crippen LogP contribution is 2.54. The van der Waals surface area contributed by atoms with E-state index in [1.54, 1.807) is 6.08 Å². The Balaban J connectivity index is 1.73. The van der Waals surface area contributed by atoms with Gasteiger partial charge in [0.1, 0.15) is 51.6 Å². The summed E-state index contributed by atoms with van der Waals surface area (Å²) < 4.78 is 16.9. The van der Waals surface area contributed by atoms with E-state index in [0.717, 1.165) is 11.6 Å². The van der Waals surface area contributed by atoms with Gasteiger partial charge < -0.3 is 39.4 Å². The molecule has 12 nitrogen and oxygen atoms in total. The molecular weight excluding hydrogens is 576 g/mol. The molecule has 0 spiro atoms. The summed E-state index contributed by atoms with van der Waals surface area (Å²) >= 11 is 0. The number of ether oxygens (including phenoxy) is 2. The van der Waals surface area contributed by atoms with Crippen molar-refractivity contribution in [1.82, 2.24) is 0 Å². The van der Waals surface area contributed by atoms with E-state index >= 15 is 0 Å². The van der Waals surface area contributed by atoms with Gasteiger partial charge >= 0.3 is 5.97 Å². The molecule has 234 valence electrons. The molecule has 1 aliphatic carbocycles. The van der Waals surface area contributed by atoms with Gasteiger partial charge in [-0.15, -0.1) is 0 Å². The number of carbonyl (C=O) groups excluding carboxylic acids is 2. The number of methoxy groups -OCH3 is 1. The van der Waals surface area contributed by atoms with E-state index in [2.05, 4.69) is 0 Å². The molecule has 2 aliphatic rings. The second-order valence-electron chi connectivity index (χ2n) is 12.0. The Hall–Kier alpha value is -4.10. The van der Waals surface area contributed by atoms with Crippen LogP contribution in [0.5, 0.6) is 11.5 Å². The van der Waals surface area contributed by atoms with E-state index in [4.69, 9.17) is 13.9 Å². The summed E-state index contributed by atoms with van der Waals surface area (Å²) in [5.41, 5.74) is -4.49. The number of allylic oxidation sites excluding steroid dienone is 1. The molecule has 0 radical (unpaired) electrons. The summed E-state index contributed by atoms with van der Waals surface area (Å²) in [4.78, 5) is 52.1. The molecule has 1 saturated heterocycles. The average molecular weight is 611 g/mol. The largest absolute Gasteiger partial charge is 0.507 e.